The van der Waals surface area contributed by atoms with Crippen molar-refractivity contribution in [1.29, 1.82) is 15.8 Å². The van der Waals surface area contributed by atoms with Gasteiger partial charge in [-0.3, -0.25) is 0 Å². The fourth-order valence-corrected chi connectivity index (χ4v) is 2.39. The van der Waals surface area contributed by atoms with Crippen molar-refractivity contribution in [2.75, 3.05) is 0 Å². The van der Waals surface area contributed by atoms with Crippen LogP contribution in [-0.4, -0.2) is 18.5 Å². The van der Waals surface area contributed by atoms with Gasteiger partial charge in [-0.05, 0) is 29.6 Å². The number of nitriles is 3. The van der Waals surface area contributed by atoms with E-state index in [-0.39, 0.29) is 19.5 Å². The summed E-state index contributed by atoms with van der Waals surface area (Å²) in [6, 6.07) is 5.25. The maximum Gasteiger partial charge on any atom is 0.485 e. The Bertz CT molecular complexity index is 535. The summed E-state index contributed by atoms with van der Waals surface area (Å²) in [5, 5.41) is 22.0. The third kappa shape index (κ3) is 18.2. The standard InChI is InChI=1S/C10H20.3C2H3N.CHF3O3S.Ru/c1-6-7(2)9(4)10(5)8(6)3;3*1-2-3;2-1(3,4)8(5,6)7;/h6-10H,1-5H3;3*1H3;(H,5,6,7);/p-1. The minimum absolute atomic E-state index is 0. The second kappa shape index (κ2) is 19.1. The molecule has 1 aliphatic carbocycles. The maximum atomic E-state index is 10.7. The second-order valence-electron chi connectivity index (χ2n) is 5.87. The van der Waals surface area contributed by atoms with Crippen molar-refractivity contribution in [3.63, 3.8) is 0 Å². The largest absolute Gasteiger partial charge is 0.741 e. The van der Waals surface area contributed by atoms with E-state index < -0.39 is 15.6 Å². The van der Waals surface area contributed by atoms with Crippen molar-refractivity contribution >= 4 is 10.1 Å². The van der Waals surface area contributed by atoms with Crippen LogP contribution in [0.1, 0.15) is 55.4 Å². The Hall–Kier alpha value is -1.21. The molecule has 0 amide bonds. The van der Waals surface area contributed by atoms with Gasteiger partial charge in [0, 0.05) is 40.2 Å². The molecule has 0 spiro atoms. The van der Waals surface area contributed by atoms with Gasteiger partial charge in [-0.2, -0.15) is 29.0 Å². The van der Waals surface area contributed by atoms with E-state index in [4.69, 9.17) is 28.8 Å². The van der Waals surface area contributed by atoms with Crippen LogP contribution in [-0.2, 0) is 29.6 Å². The summed E-state index contributed by atoms with van der Waals surface area (Å²) in [6.07, 6.45) is 0. The van der Waals surface area contributed by atoms with Gasteiger partial charge in [-0.1, -0.05) is 34.6 Å². The Labute approximate surface area is 180 Å². The van der Waals surface area contributed by atoms with Crippen molar-refractivity contribution in [3.8, 4) is 18.2 Å². The van der Waals surface area contributed by atoms with Crippen molar-refractivity contribution in [2.45, 2.75) is 60.9 Å². The topological polar surface area (TPSA) is 129 Å². The van der Waals surface area contributed by atoms with Crippen LogP contribution in [0.3, 0.4) is 0 Å². The minimum Gasteiger partial charge on any atom is -0.741 e. The molecule has 6 nitrogen and oxygen atoms in total. The van der Waals surface area contributed by atoms with E-state index in [1.165, 1.54) is 20.8 Å². The molecule has 1 aliphatic rings. The third-order valence-electron chi connectivity index (χ3n) is 4.43. The van der Waals surface area contributed by atoms with E-state index in [2.05, 4.69) is 34.6 Å². The monoisotopic (exact) mass is 514 g/mol. The Morgan fingerprint density at radius 3 is 0.821 bits per heavy atom. The van der Waals surface area contributed by atoms with E-state index in [1.54, 1.807) is 18.2 Å². The van der Waals surface area contributed by atoms with Crippen LogP contribution in [0.25, 0.3) is 0 Å². The first-order valence-electron chi connectivity index (χ1n) is 8.00. The smallest absolute Gasteiger partial charge is 0.485 e. The number of nitrogens with zero attached hydrogens (tertiary/aromatic N) is 3. The fraction of sp³-hybridized carbons (Fsp3) is 0.824. The van der Waals surface area contributed by atoms with E-state index >= 15 is 0 Å². The Morgan fingerprint density at radius 1 is 0.714 bits per heavy atom. The Balaban J connectivity index is -0.0000000878. The summed E-state index contributed by atoms with van der Waals surface area (Å²) in [5.41, 5.74) is -5.65. The van der Waals surface area contributed by atoms with E-state index in [0.717, 1.165) is 29.6 Å². The fourth-order valence-electron chi connectivity index (χ4n) is 2.39. The predicted octanol–water partition coefficient (Wildman–Crippen LogP) is 4.82. The van der Waals surface area contributed by atoms with Gasteiger partial charge < -0.3 is 4.55 Å². The van der Waals surface area contributed by atoms with Crippen LogP contribution in [0.15, 0.2) is 0 Å². The summed E-state index contributed by atoms with van der Waals surface area (Å²) in [6.45, 7) is 16.3. The summed E-state index contributed by atoms with van der Waals surface area (Å²) in [5.74, 6) is 4.68. The van der Waals surface area contributed by atoms with E-state index in [9.17, 15) is 13.2 Å². The molecule has 0 atom stereocenters. The van der Waals surface area contributed by atoms with Crippen LogP contribution in [0.5, 0.6) is 0 Å². The molecule has 0 N–H and O–H groups in total. The van der Waals surface area contributed by atoms with E-state index in [0.29, 0.717) is 0 Å². The molecule has 0 unspecified atom stereocenters. The van der Waals surface area contributed by atoms with Crippen molar-refractivity contribution in [2.24, 2.45) is 29.6 Å². The zero-order valence-corrected chi connectivity index (χ0v) is 19.9. The molecule has 0 aliphatic heterocycles. The van der Waals surface area contributed by atoms with Gasteiger partial charge in [-0.15, -0.1) is 0 Å². The number of alkyl halides is 3. The molecule has 0 bridgehead atoms. The SMILES string of the molecule is CC#N.CC#N.CC#N.CC1C(C)C(C)C(C)C1C.O=S(=O)([O-])C(F)(F)F.[Ru]. The number of hydrogen-bond acceptors (Lipinski definition) is 6. The number of rotatable bonds is 0. The zero-order valence-electron chi connectivity index (χ0n) is 17.3. The van der Waals surface area contributed by atoms with Crippen molar-refractivity contribution in [3.05, 3.63) is 0 Å². The van der Waals surface area contributed by atoms with Crippen LogP contribution in [0.2, 0.25) is 0 Å². The Kier molecular flexibility index (Phi) is 25.6. The van der Waals surface area contributed by atoms with Gasteiger partial charge in [0.05, 0.1) is 18.2 Å². The number of hydrogen-bond donors (Lipinski definition) is 0. The minimum atomic E-state index is -6.09. The Morgan fingerprint density at radius 2 is 0.786 bits per heavy atom. The van der Waals surface area contributed by atoms with Gasteiger partial charge in [-0.25, -0.2) is 8.42 Å². The normalized spacial score (nSPS) is 24.7. The van der Waals surface area contributed by atoms with Gasteiger partial charge >= 0.3 is 5.51 Å². The molecule has 0 aromatic rings. The van der Waals surface area contributed by atoms with Crippen molar-refractivity contribution in [1.82, 2.24) is 0 Å². The summed E-state index contributed by atoms with van der Waals surface area (Å²) < 4.78 is 58.9. The maximum absolute atomic E-state index is 10.7. The molecule has 1 fully saturated rings. The molecule has 0 aromatic carbocycles. The van der Waals surface area contributed by atoms with Crippen LogP contribution in [0, 0.1) is 63.6 Å². The van der Waals surface area contributed by atoms with Gasteiger partial charge in [0.15, 0.2) is 10.1 Å². The van der Waals surface area contributed by atoms with Gasteiger partial charge in [0.2, 0.25) is 0 Å². The molecule has 28 heavy (non-hydrogen) atoms. The summed E-state index contributed by atoms with van der Waals surface area (Å²) in [4.78, 5) is 0. The molecule has 1 rings (SSSR count). The molecule has 0 radical (unpaired) electrons. The quantitative estimate of drug-likeness (QED) is 0.259. The summed E-state index contributed by atoms with van der Waals surface area (Å²) >= 11 is 0. The first-order chi connectivity index (χ1) is 12.0. The van der Waals surface area contributed by atoms with Crippen LogP contribution >= 0.6 is 0 Å². The van der Waals surface area contributed by atoms with Crippen molar-refractivity contribution < 1.29 is 45.6 Å². The second-order valence-corrected chi connectivity index (χ2v) is 7.24. The number of halogens is 3. The summed E-state index contributed by atoms with van der Waals surface area (Å²) in [7, 11) is -6.09. The molecule has 0 heterocycles. The molecular weight excluding hydrogens is 484 g/mol. The van der Waals surface area contributed by atoms with Crippen LogP contribution in [0.4, 0.5) is 13.2 Å². The first-order valence-corrected chi connectivity index (χ1v) is 9.40. The molecule has 166 valence electrons. The molecular formula is C17H29F3N3O3RuS-. The zero-order chi connectivity index (χ0) is 23.0. The average Bonchev–Trinajstić information content (AvgIpc) is 2.66. The molecule has 1 saturated carbocycles. The van der Waals surface area contributed by atoms with Gasteiger partial charge in [0.25, 0.3) is 0 Å². The molecule has 0 aromatic heterocycles. The van der Waals surface area contributed by atoms with Gasteiger partial charge in [0.1, 0.15) is 0 Å². The first kappa shape index (κ1) is 37.5. The molecule has 0 saturated heterocycles. The van der Waals surface area contributed by atoms with Crippen LogP contribution < -0.4 is 0 Å². The molecule has 11 heteroatoms. The predicted molar refractivity (Wildman–Crippen MR) is 95.4 cm³/mol. The van der Waals surface area contributed by atoms with E-state index in [1.807, 2.05) is 0 Å². The average molecular weight is 514 g/mol. The third-order valence-corrected chi connectivity index (χ3v) is 5.00.